The van der Waals surface area contributed by atoms with Crippen LogP contribution in [0.3, 0.4) is 0 Å². The number of carbonyl (C=O) groups is 1. The molecule has 0 aliphatic carbocycles. The third kappa shape index (κ3) is 3.52. The van der Waals surface area contributed by atoms with Crippen LogP contribution in [0, 0.1) is 0 Å². The number of anilines is 1. The largest absolute Gasteiger partial charge is 0.493 e. The standard InChI is InChI=1S/C25H24N2O4S/c1-17-15-18-7-2-4-11-23(18)27(17)32(29,30)20-9-6-8-19(16-20)25(28)26-22-13-14-31-24-12-5-3-10-21(22)24/h2-12,16-17,22H,13-15H2,1H3,(H,26,28)/t17-,22-/m1/s1. The first-order valence-electron chi connectivity index (χ1n) is 10.7. The van der Waals surface area contributed by atoms with Gasteiger partial charge in [-0.3, -0.25) is 9.10 Å². The molecule has 3 aromatic rings. The number of para-hydroxylation sites is 2. The van der Waals surface area contributed by atoms with E-state index >= 15 is 0 Å². The zero-order valence-electron chi connectivity index (χ0n) is 17.7. The second-order valence-corrected chi connectivity index (χ2v) is 10.0. The normalized spacial score (nSPS) is 19.6. The number of benzene rings is 3. The lowest BCUT2D eigenvalue weighted by molar-refractivity contribution is 0.0924. The highest BCUT2D eigenvalue weighted by Crippen LogP contribution is 2.37. The Kier molecular flexibility index (Phi) is 5.13. The quantitative estimate of drug-likeness (QED) is 0.653. The van der Waals surface area contributed by atoms with E-state index < -0.39 is 10.0 Å². The molecule has 0 spiro atoms. The van der Waals surface area contributed by atoms with E-state index in [2.05, 4.69) is 5.32 Å². The maximum absolute atomic E-state index is 13.5. The highest BCUT2D eigenvalue weighted by Gasteiger charge is 2.36. The molecule has 1 amide bonds. The molecule has 0 unspecified atom stereocenters. The van der Waals surface area contributed by atoms with Crippen molar-refractivity contribution in [2.45, 2.75) is 36.7 Å². The predicted octanol–water partition coefficient (Wildman–Crippen LogP) is 4.08. The van der Waals surface area contributed by atoms with Gasteiger partial charge in [-0.1, -0.05) is 42.5 Å². The van der Waals surface area contributed by atoms with Crippen LogP contribution in [0.5, 0.6) is 5.75 Å². The molecule has 0 aromatic heterocycles. The molecule has 3 aromatic carbocycles. The van der Waals surface area contributed by atoms with Crippen LogP contribution in [0.2, 0.25) is 0 Å². The van der Waals surface area contributed by atoms with Gasteiger partial charge in [0, 0.05) is 23.6 Å². The summed E-state index contributed by atoms with van der Waals surface area (Å²) in [5.74, 6) is 0.459. The Morgan fingerprint density at radius 1 is 1.03 bits per heavy atom. The Morgan fingerprint density at radius 2 is 1.81 bits per heavy atom. The van der Waals surface area contributed by atoms with E-state index in [9.17, 15) is 13.2 Å². The lowest BCUT2D eigenvalue weighted by atomic mass is 10.00. The minimum Gasteiger partial charge on any atom is -0.493 e. The molecule has 0 saturated carbocycles. The molecule has 2 heterocycles. The highest BCUT2D eigenvalue weighted by molar-refractivity contribution is 7.92. The van der Waals surface area contributed by atoms with Gasteiger partial charge in [0.25, 0.3) is 15.9 Å². The first-order valence-corrected chi connectivity index (χ1v) is 12.1. The van der Waals surface area contributed by atoms with Crippen LogP contribution in [0.4, 0.5) is 5.69 Å². The van der Waals surface area contributed by atoms with Gasteiger partial charge in [-0.15, -0.1) is 0 Å². The highest BCUT2D eigenvalue weighted by atomic mass is 32.2. The molecule has 0 saturated heterocycles. The average Bonchev–Trinajstić information content (AvgIpc) is 3.16. The number of amides is 1. The van der Waals surface area contributed by atoms with Gasteiger partial charge in [0.05, 0.1) is 23.2 Å². The molecule has 0 bridgehead atoms. The van der Waals surface area contributed by atoms with Crippen LogP contribution >= 0.6 is 0 Å². The number of nitrogens with zero attached hydrogens (tertiary/aromatic N) is 1. The molecule has 1 N–H and O–H groups in total. The minimum absolute atomic E-state index is 0.112. The van der Waals surface area contributed by atoms with Gasteiger partial charge >= 0.3 is 0 Å². The monoisotopic (exact) mass is 448 g/mol. The van der Waals surface area contributed by atoms with Crippen molar-refractivity contribution in [2.24, 2.45) is 0 Å². The maximum Gasteiger partial charge on any atom is 0.264 e. The molecule has 2 aliphatic rings. The summed E-state index contributed by atoms with van der Waals surface area (Å²) in [4.78, 5) is 13.1. The van der Waals surface area contributed by atoms with Gasteiger partial charge in [-0.2, -0.15) is 0 Å². The second kappa shape index (κ2) is 7.98. The zero-order chi connectivity index (χ0) is 22.3. The minimum atomic E-state index is -3.81. The number of fused-ring (bicyclic) bond motifs is 2. The molecule has 2 aliphatic heterocycles. The van der Waals surface area contributed by atoms with Gasteiger partial charge < -0.3 is 10.1 Å². The summed E-state index contributed by atoms with van der Waals surface area (Å²) >= 11 is 0. The van der Waals surface area contributed by atoms with Crippen molar-refractivity contribution in [3.8, 4) is 5.75 Å². The third-order valence-corrected chi connectivity index (χ3v) is 7.99. The number of ether oxygens (including phenoxy) is 1. The summed E-state index contributed by atoms with van der Waals surface area (Å²) in [7, 11) is -3.81. The Hall–Kier alpha value is -3.32. The topological polar surface area (TPSA) is 75.7 Å². The predicted molar refractivity (Wildman–Crippen MR) is 122 cm³/mol. The lowest BCUT2D eigenvalue weighted by Crippen LogP contribution is -2.36. The summed E-state index contributed by atoms with van der Waals surface area (Å²) in [6, 6.07) is 21.1. The molecule has 32 heavy (non-hydrogen) atoms. The van der Waals surface area contributed by atoms with Gasteiger partial charge in [-0.05, 0) is 49.2 Å². The Labute approximate surface area is 187 Å². The van der Waals surface area contributed by atoms with E-state index in [0.29, 0.717) is 30.7 Å². The molecule has 5 rings (SSSR count). The molecule has 0 radical (unpaired) electrons. The summed E-state index contributed by atoms with van der Waals surface area (Å²) < 4.78 is 34.2. The Balaban J connectivity index is 1.42. The molecule has 6 nitrogen and oxygen atoms in total. The maximum atomic E-state index is 13.5. The molecule has 0 fully saturated rings. The number of rotatable bonds is 4. The molecular weight excluding hydrogens is 424 g/mol. The first kappa shape index (κ1) is 20.6. The van der Waals surface area contributed by atoms with E-state index in [-0.39, 0.29) is 22.9 Å². The smallest absolute Gasteiger partial charge is 0.264 e. The lowest BCUT2D eigenvalue weighted by Gasteiger charge is -2.27. The SMILES string of the molecule is C[C@@H]1Cc2ccccc2N1S(=O)(=O)c1cccc(C(=O)N[C@@H]2CCOc3ccccc32)c1. The molecule has 164 valence electrons. The Bertz CT molecular complexity index is 1290. The average molecular weight is 449 g/mol. The van der Waals surface area contributed by atoms with Crippen LogP contribution in [0.1, 0.15) is 40.9 Å². The number of carbonyl (C=O) groups excluding carboxylic acids is 1. The molecular formula is C25H24N2O4S. The van der Waals surface area contributed by atoms with E-state index in [0.717, 1.165) is 16.9 Å². The fourth-order valence-electron chi connectivity index (χ4n) is 4.55. The molecule has 7 heteroatoms. The third-order valence-electron chi connectivity index (χ3n) is 6.06. The first-order chi connectivity index (χ1) is 15.4. The summed E-state index contributed by atoms with van der Waals surface area (Å²) in [6.45, 7) is 2.42. The van der Waals surface area contributed by atoms with Gasteiger partial charge in [-0.25, -0.2) is 8.42 Å². The summed E-state index contributed by atoms with van der Waals surface area (Å²) in [5, 5.41) is 3.04. The number of nitrogens with one attached hydrogen (secondary N) is 1. The van der Waals surface area contributed by atoms with E-state index in [4.69, 9.17) is 4.74 Å². The number of hydrogen-bond acceptors (Lipinski definition) is 4. The van der Waals surface area contributed by atoms with Crippen LogP contribution < -0.4 is 14.4 Å². The molecule has 2 atom stereocenters. The van der Waals surface area contributed by atoms with Crippen molar-refractivity contribution in [1.29, 1.82) is 0 Å². The van der Waals surface area contributed by atoms with Crippen molar-refractivity contribution < 1.29 is 17.9 Å². The fourth-order valence-corrected chi connectivity index (χ4v) is 6.29. The fraction of sp³-hybridized carbons (Fsp3) is 0.240. The van der Waals surface area contributed by atoms with E-state index in [1.807, 2.05) is 55.5 Å². The number of hydrogen-bond donors (Lipinski definition) is 1. The van der Waals surface area contributed by atoms with Crippen LogP contribution in [0.15, 0.2) is 77.7 Å². The summed E-state index contributed by atoms with van der Waals surface area (Å²) in [6.07, 6.45) is 1.32. The van der Waals surface area contributed by atoms with Crippen molar-refractivity contribution in [2.75, 3.05) is 10.9 Å². The van der Waals surface area contributed by atoms with Crippen molar-refractivity contribution in [1.82, 2.24) is 5.32 Å². The van der Waals surface area contributed by atoms with Crippen molar-refractivity contribution in [3.63, 3.8) is 0 Å². The Morgan fingerprint density at radius 3 is 2.69 bits per heavy atom. The summed E-state index contributed by atoms with van der Waals surface area (Å²) in [5.41, 5.74) is 2.96. The van der Waals surface area contributed by atoms with Gasteiger partial charge in [0.1, 0.15) is 5.75 Å². The van der Waals surface area contributed by atoms with Gasteiger partial charge in [0.15, 0.2) is 0 Å². The van der Waals surface area contributed by atoms with Crippen LogP contribution in [0.25, 0.3) is 0 Å². The van der Waals surface area contributed by atoms with E-state index in [1.54, 1.807) is 18.2 Å². The van der Waals surface area contributed by atoms with E-state index in [1.165, 1.54) is 10.4 Å². The second-order valence-electron chi connectivity index (χ2n) is 8.21. The zero-order valence-corrected chi connectivity index (χ0v) is 18.5. The van der Waals surface area contributed by atoms with Crippen LogP contribution in [-0.4, -0.2) is 27.0 Å². The van der Waals surface area contributed by atoms with Crippen molar-refractivity contribution >= 4 is 21.6 Å². The van der Waals surface area contributed by atoms with Gasteiger partial charge in [0.2, 0.25) is 0 Å². The number of sulfonamides is 1. The van der Waals surface area contributed by atoms with Crippen molar-refractivity contribution in [3.05, 3.63) is 89.5 Å². The van der Waals surface area contributed by atoms with Crippen LogP contribution in [-0.2, 0) is 16.4 Å².